The molecule has 0 spiro atoms. The Hall–Kier alpha value is -1.95. The van der Waals surface area contributed by atoms with E-state index in [1.165, 1.54) is 0 Å². The van der Waals surface area contributed by atoms with E-state index in [0.717, 1.165) is 5.56 Å². The van der Waals surface area contributed by atoms with Crippen LogP contribution in [0, 0.1) is 6.92 Å². The quantitative estimate of drug-likeness (QED) is 0.692. The number of nitrogens with zero attached hydrogens (tertiary/aromatic N) is 1. The Balaban J connectivity index is 2.54. The molecule has 1 aromatic heterocycles. The Bertz CT molecular complexity index is 420. The van der Waals surface area contributed by atoms with Gasteiger partial charge in [0.2, 0.25) is 5.91 Å². The Labute approximate surface area is 98.8 Å². The Morgan fingerprint density at radius 1 is 1.59 bits per heavy atom. The molecule has 1 atom stereocenters. The fourth-order valence-corrected chi connectivity index (χ4v) is 1.25. The SMILES string of the molecule is Cc1cnccc1NC(=O)C(N)CCC(=O)O. The molecule has 0 bridgehead atoms. The third-order valence-electron chi connectivity index (χ3n) is 2.28. The van der Waals surface area contributed by atoms with Crippen LogP contribution >= 0.6 is 0 Å². The summed E-state index contributed by atoms with van der Waals surface area (Å²) in [5.41, 5.74) is 7.03. The van der Waals surface area contributed by atoms with Gasteiger partial charge in [0.15, 0.2) is 0 Å². The predicted molar refractivity (Wildman–Crippen MR) is 62.4 cm³/mol. The van der Waals surface area contributed by atoms with Crippen LogP contribution in [0.2, 0.25) is 0 Å². The fraction of sp³-hybridized carbons (Fsp3) is 0.364. The maximum Gasteiger partial charge on any atom is 0.303 e. The third kappa shape index (κ3) is 4.20. The summed E-state index contributed by atoms with van der Waals surface area (Å²) in [6.45, 7) is 1.81. The highest BCUT2D eigenvalue weighted by molar-refractivity contribution is 5.95. The van der Waals surface area contributed by atoms with Gasteiger partial charge in [-0.05, 0) is 25.0 Å². The number of amides is 1. The van der Waals surface area contributed by atoms with Gasteiger partial charge >= 0.3 is 5.97 Å². The number of hydrogen-bond acceptors (Lipinski definition) is 4. The van der Waals surface area contributed by atoms with Crippen LogP contribution in [-0.2, 0) is 9.59 Å². The molecule has 1 rings (SSSR count). The highest BCUT2D eigenvalue weighted by Gasteiger charge is 2.15. The van der Waals surface area contributed by atoms with Crippen LogP contribution in [0.4, 0.5) is 5.69 Å². The lowest BCUT2D eigenvalue weighted by Gasteiger charge is -2.12. The number of carbonyl (C=O) groups is 2. The lowest BCUT2D eigenvalue weighted by Crippen LogP contribution is -2.36. The molecular weight excluding hydrogens is 222 g/mol. The first-order valence-electron chi connectivity index (χ1n) is 5.19. The number of nitrogens with one attached hydrogen (secondary N) is 1. The number of pyridine rings is 1. The van der Waals surface area contributed by atoms with Gasteiger partial charge in [0, 0.05) is 24.5 Å². The van der Waals surface area contributed by atoms with Crippen molar-refractivity contribution in [3.05, 3.63) is 24.0 Å². The summed E-state index contributed by atoms with van der Waals surface area (Å²) < 4.78 is 0. The summed E-state index contributed by atoms with van der Waals surface area (Å²) in [4.78, 5) is 25.9. The van der Waals surface area contributed by atoms with Crippen LogP contribution in [-0.4, -0.2) is 28.0 Å². The zero-order chi connectivity index (χ0) is 12.8. The van der Waals surface area contributed by atoms with Crippen molar-refractivity contribution in [3.8, 4) is 0 Å². The van der Waals surface area contributed by atoms with E-state index in [9.17, 15) is 9.59 Å². The molecular formula is C11H15N3O3. The number of aryl methyl sites for hydroxylation is 1. The zero-order valence-electron chi connectivity index (χ0n) is 9.51. The van der Waals surface area contributed by atoms with Crippen molar-refractivity contribution < 1.29 is 14.7 Å². The maximum absolute atomic E-state index is 11.6. The molecule has 1 amide bonds. The molecule has 1 aromatic rings. The number of carbonyl (C=O) groups excluding carboxylic acids is 1. The minimum atomic E-state index is -0.964. The second-order valence-electron chi connectivity index (χ2n) is 3.72. The molecule has 17 heavy (non-hydrogen) atoms. The normalized spacial score (nSPS) is 11.9. The molecule has 0 aliphatic carbocycles. The van der Waals surface area contributed by atoms with Crippen LogP contribution in [0.25, 0.3) is 0 Å². The van der Waals surface area contributed by atoms with Gasteiger partial charge in [0.05, 0.1) is 6.04 Å². The van der Waals surface area contributed by atoms with E-state index in [1.807, 2.05) is 6.92 Å². The number of carboxylic acids is 1. The second-order valence-corrected chi connectivity index (χ2v) is 3.72. The van der Waals surface area contributed by atoms with Crippen LogP contribution in [0.3, 0.4) is 0 Å². The molecule has 0 saturated heterocycles. The smallest absolute Gasteiger partial charge is 0.303 e. The molecule has 1 heterocycles. The largest absolute Gasteiger partial charge is 0.481 e. The molecule has 0 saturated carbocycles. The number of anilines is 1. The van der Waals surface area contributed by atoms with Gasteiger partial charge in [-0.15, -0.1) is 0 Å². The summed E-state index contributed by atoms with van der Waals surface area (Å²) in [7, 11) is 0. The van der Waals surface area contributed by atoms with Crippen molar-refractivity contribution in [1.29, 1.82) is 0 Å². The molecule has 0 fully saturated rings. The van der Waals surface area contributed by atoms with E-state index >= 15 is 0 Å². The molecule has 0 radical (unpaired) electrons. The highest BCUT2D eigenvalue weighted by atomic mass is 16.4. The average Bonchev–Trinajstić information content (AvgIpc) is 2.28. The average molecular weight is 237 g/mol. The van der Waals surface area contributed by atoms with Crippen LogP contribution < -0.4 is 11.1 Å². The van der Waals surface area contributed by atoms with E-state index < -0.39 is 12.0 Å². The maximum atomic E-state index is 11.6. The first-order chi connectivity index (χ1) is 8.00. The minimum Gasteiger partial charge on any atom is -0.481 e. The molecule has 6 nitrogen and oxygen atoms in total. The third-order valence-corrected chi connectivity index (χ3v) is 2.28. The van der Waals surface area contributed by atoms with Crippen LogP contribution in [0.1, 0.15) is 18.4 Å². The van der Waals surface area contributed by atoms with Gasteiger partial charge in [-0.2, -0.15) is 0 Å². The number of rotatable bonds is 5. The van der Waals surface area contributed by atoms with E-state index in [0.29, 0.717) is 5.69 Å². The van der Waals surface area contributed by atoms with Gasteiger partial charge in [0.25, 0.3) is 0 Å². The lowest BCUT2D eigenvalue weighted by atomic mass is 10.1. The van der Waals surface area contributed by atoms with Crippen molar-refractivity contribution in [1.82, 2.24) is 4.98 Å². The first kappa shape index (κ1) is 13.1. The van der Waals surface area contributed by atoms with Gasteiger partial charge < -0.3 is 16.2 Å². The predicted octanol–water partition coefficient (Wildman–Crippen LogP) is 0.521. The highest BCUT2D eigenvalue weighted by Crippen LogP contribution is 2.12. The van der Waals surface area contributed by atoms with E-state index in [4.69, 9.17) is 10.8 Å². The monoisotopic (exact) mass is 237 g/mol. The molecule has 1 unspecified atom stereocenters. The molecule has 0 aromatic carbocycles. The number of hydrogen-bond donors (Lipinski definition) is 3. The van der Waals surface area contributed by atoms with Crippen molar-refractivity contribution in [2.45, 2.75) is 25.8 Å². The standard InChI is InChI=1S/C11H15N3O3/c1-7-6-13-5-4-9(7)14-11(17)8(12)2-3-10(15)16/h4-6,8H,2-3,12H2,1H3,(H,15,16)(H,13,14,17). The lowest BCUT2D eigenvalue weighted by molar-refractivity contribution is -0.137. The number of carboxylic acid groups (broad SMARTS) is 1. The van der Waals surface area contributed by atoms with Crippen LogP contribution in [0.5, 0.6) is 0 Å². The Morgan fingerprint density at radius 2 is 2.29 bits per heavy atom. The van der Waals surface area contributed by atoms with Gasteiger partial charge in [-0.1, -0.05) is 0 Å². The fourth-order valence-electron chi connectivity index (χ4n) is 1.25. The summed E-state index contributed by atoms with van der Waals surface area (Å²) in [5, 5.41) is 11.1. The number of aromatic nitrogens is 1. The van der Waals surface area contributed by atoms with Crippen molar-refractivity contribution >= 4 is 17.6 Å². The summed E-state index contributed by atoms with van der Waals surface area (Å²) in [5.74, 6) is -1.35. The summed E-state index contributed by atoms with van der Waals surface area (Å²) >= 11 is 0. The number of aliphatic carboxylic acids is 1. The van der Waals surface area contributed by atoms with Crippen molar-refractivity contribution in [2.24, 2.45) is 5.73 Å². The van der Waals surface area contributed by atoms with Crippen molar-refractivity contribution in [3.63, 3.8) is 0 Å². The van der Waals surface area contributed by atoms with Crippen LogP contribution in [0.15, 0.2) is 18.5 Å². The second kappa shape index (κ2) is 5.95. The molecule has 0 aliphatic rings. The topological polar surface area (TPSA) is 105 Å². The van der Waals surface area contributed by atoms with Gasteiger partial charge in [0.1, 0.15) is 0 Å². The van der Waals surface area contributed by atoms with Crippen molar-refractivity contribution in [2.75, 3.05) is 5.32 Å². The first-order valence-corrected chi connectivity index (χ1v) is 5.19. The molecule has 0 aliphatic heterocycles. The van der Waals surface area contributed by atoms with E-state index in [2.05, 4.69) is 10.3 Å². The summed E-state index contributed by atoms with van der Waals surface area (Å²) in [6.07, 6.45) is 3.18. The van der Waals surface area contributed by atoms with Gasteiger partial charge in [-0.3, -0.25) is 14.6 Å². The molecule has 92 valence electrons. The summed E-state index contributed by atoms with van der Waals surface area (Å²) in [6, 6.07) is 0.843. The Morgan fingerprint density at radius 3 is 2.88 bits per heavy atom. The van der Waals surface area contributed by atoms with E-state index in [-0.39, 0.29) is 18.7 Å². The minimum absolute atomic E-state index is 0.116. The molecule has 6 heteroatoms. The van der Waals surface area contributed by atoms with Gasteiger partial charge in [-0.25, -0.2) is 0 Å². The zero-order valence-corrected chi connectivity index (χ0v) is 9.51. The number of nitrogens with two attached hydrogens (primary N) is 1. The Kier molecular flexibility index (Phi) is 4.59. The van der Waals surface area contributed by atoms with E-state index in [1.54, 1.807) is 18.5 Å². The molecule has 4 N–H and O–H groups in total.